The van der Waals surface area contributed by atoms with Crippen LogP contribution >= 0.6 is 0 Å². The van der Waals surface area contributed by atoms with Gasteiger partial charge in [0.15, 0.2) is 0 Å². The van der Waals surface area contributed by atoms with Gasteiger partial charge in [-0.25, -0.2) is 4.98 Å². The number of aryl methyl sites for hydroxylation is 2. The number of piperidine rings is 1. The van der Waals surface area contributed by atoms with Crippen LogP contribution in [0.3, 0.4) is 0 Å². The first-order chi connectivity index (χ1) is 10.2. The van der Waals surface area contributed by atoms with Gasteiger partial charge in [0.05, 0.1) is 5.69 Å². The van der Waals surface area contributed by atoms with Crippen LogP contribution in [0.25, 0.3) is 0 Å². The fraction of sp³-hybridized carbons (Fsp3) is 0.812. The number of hydrogen-bond acceptors (Lipinski definition) is 4. The molecule has 0 aromatic carbocycles. The maximum atomic E-state index is 5.17. The highest BCUT2D eigenvalue weighted by atomic mass is 16.5. The Balaban J connectivity index is 1.70. The molecule has 1 N–H and O–H groups in total. The van der Waals surface area contributed by atoms with Crippen molar-refractivity contribution in [3.05, 3.63) is 11.9 Å². The first kappa shape index (κ1) is 14.9. The number of methoxy groups -OCH3 is 1. The van der Waals surface area contributed by atoms with E-state index >= 15 is 0 Å². The minimum Gasteiger partial charge on any atom is -0.385 e. The number of ether oxygens (including phenoxy) is 1. The Morgan fingerprint density at radius 3 is 2.76 bits per heavy atom. The highest BCUT2D eigenvalue weighted by molar-refractivity contribution is 5.34. The molecule has 2 saturated heterocycles. The molecule has 0 amide bonds. The molecule has 0 radical (unpaired) electrons. The fourth-order valence-electron chi connectivity index (χ4n) is 3.87. The molecule has 21 heavy (non-hydrogen) atoms. The Morgan fingerprint density at radius 1 is 1.38 bits per heavy atom. The summed E-state index contributed by atoms with van der Waals surface area (Å²) in [7, 11) is 3.97. The fourth-order valence-corrected chi connectivity index (χ4v) is 3.87. The Kier molecular flexibility index (Phi) is 4.50. The molecule has 2 atom stereocenters. The van der Waals surface area contributed by atoms with Crippen molar-refractivity contribution in [2.75, 3.05) is 25.7 Å². The SMILES string of the molecule is COCCCn1cc(C)nc1N(C)C1CC2CCC(C1)N2. The third-order valence-corrected chi connectivity index (χ3v) is 4.93. The minimum atomic E-state index is 0.617. The molecule has 3 rings (SSSR count). The van der Waals surface area contributed by atoms with Gasteiger partial charge < -0.3 is 19.5 Å². The van der Waals surface area contributed by atoms with E-state index in [9.17, 15) is 0 Å². The number of aromatic nitrogens is 2. The quantitative estimate of drug-likeness (QED) is 0.814. The smallest absolute Gasteiger partial charge is 0.205 e. The first-order valence-corrected chi connectivity index (χ1v) is 8.19. The molecule has 1 aromatic rings. The molecule has 5 nitrogen and oxygen atoms in total. The third-order valence-electron chi connectivity index (χ3n) is 4.93. The van der Waals surface area contributed by atoms with Gasteiger partial charge in [-0.3, -0.25) is 0 Å². The number of anilines is 1. The molecule has 2 fully saturated rings. The number of fused-ring (bicyclic) bond motifs is 2. The molecule has 2 aliphatic rings. The van der Waals surface area contributed by atoms with Crippen LogP contribution in [0.15, 0.2) is 6.20 Å². The Labute approximate surface area is 127 Å². The normalized spacial score (nSPS) is 28.0. The van der Waals surface area contributed by atoms with Crippen molar-refractivity contribution in [1.29, 1.82) is 0 Å². The highest BCUT2D eigenvalue weighted by Crippen LogP contribution is 2.31. The summed E-state index contributed by atoms with van der Waals surface area (Å²) in [5, 5.41) is 3.72. The molecule has 0 spiro atoms. The van der Waals surface area contributed by atoms with Gasteiger partial charge in [0.25, 0.3) is 0 Å². The van der Waals surface area contributed by atoms with Crippen molar-refractivity contribution >= 4 is 5.95 Å². The number of nitrogens with one attached hydrogen (secondary N) is 1. The van der Waals surface area contributed by atoms with E-state index in [-0.39, 0.29) is 0 Å². The van der Waals surface area contributed by atoms with Gasteiger partial charge in [0.2, 0.25) is 5.95 Å². The van der Waals surface area contributed by atoms with Gasteiger partial charge in [0.1, 0.15) is 0 Å². The molecular formula is C16H28N4O. The summed E-state index contributed by atoms with van der Waals surface area (Å²) in [6.45, 7) is 3.86. The summed E-state index contributed by atoms with van der Waals surface area (Å²) in [5.41, 5.74) is 1.10. The van der Waals surface area contributed by atoms with E-state index in [1.165, 1.54) is 25.7 Å². The standard InChI is InChI=1S/C16H28N4O/c1-12-11-20(7-4-8-21-3)16(17-12)19(2)15-9-13-5-6-14(10-15)18-13/h11,13-15,18H,4-10H2,1-3H3. The zero-order valence-corrected chi connectivity index (χ0v) is 13.5. The maximum Gasteiger partial charge on any atom is 0.205 e. The first-order valence-electron chi connectivity index (χ1n) is 8.19. The topological polar surface area (TPSA) is 42.3 Å². The summed E-state index contributed by atoms with van der Waals surface area (Å²) in [6.07, 6.45) is 8.38. The average Bonchev–Trinajstić information content (AvgIpc) is 3.01. The van der Waals surface area contributed by atoms with Gasteiger partial charge in [-0.15, -0.1) is 0 Å². The zero-order chi connectivity index (χ0) is 14.8. The molecule has 0 saturated carbocycles. The number of hydrogen-bond donors (Lipinski definition) is 1. The second-order valence-corrected chi connectivity index (χ2v) is 6.60. The third kappa shape index (κ3) is 3.24. The van der Waals surface area contributed by atoms with Crippen LogP contribution in [0, 0.1) is 6.92 Å². The van der Waals surface area contributed by atoms with Crippen LogP contribution in [0.1, 0.15) is 37.8 Å². The molecule has 3 heterocycles. The van der Waals surface area contributed by atoms with Crippen LogP contribution in [0.5, 0.6) is 0 Å². The van der Waals surface area contributed by atoms with E-state index in [1.54, 1.807) is 7.11 Å². The van der Waals surface area contributed by atoms with Gasteiger partial charge in [-0.1, -0.05) is 0 Å². The minimum absolute atomic E-state index is 0.617. The summed E-state index contributed by atoms with van der Waals surface area (Å²) < 4.78 is 7.46. The average molecular weight is 292 g/mol. The lowest BCUT2D eigenvalue weighted by molar-refractivity contribution is 0.190. The second kappa shape index (κ2) is 6.36. The lowest BCUT2D eigenvalue weighted by Crippen LogP contribution is -2.47. The highest BCUT2D eigenvalue weighted by Gasteiger charge is 2.36. The largest absolute Gasteiger partial charge is 0.385 e. The van der Waals surface area contributed by atoms with E-state index in [0.717, 1.165) is 31.2 Å². The molecule has 0 aliphatic carbocycles. The molecule has 2 unspecified atom stereocenters. The lowest BCUT2D eigenvalue weighted by atomic mass is 9.99. The Morgan fingerprint density at radius 2 is 2.10 bits per heavy atom. The summed E-state index contributed by atoms with van der Waals surface area (Å²) in [6, 6.07) is 2.05. The zero-order valence-electron chi connectivity index (χ0n) is 13.5. The molecule has 118 valence electrons. The van der Waals surface area contributed by atoms with Gasteiger partial charge >= 0.3 is 0 Å². The predicted molar refractivity (Wildman–Crippen MR) is 84.8 cm³/mol. The van der Waals surface area contributed by atoms with E-state index in [1.807, 2.05) is 0 Å². The predicted octanol–water partition coefficient (Wildman–Crippen LogP) is 1.95. The van der Waals surface area contributed by atoms with Crippen LogP contribution in [0.4, 0.5) is 5.95 Å². The number of rotatable bonds is 6. The van der Waals surface area contributed by atoms with Crippen molar-refractivity contribution in [2.45, 2.75) is 63.7 Å². The van der Waals surface area contributed by atoms with Crippen LogP contribution in [-0.4, -0.2) is 48.4 Å². The summed E-state index contributed by atoms with van der Waals surface area (Å²) in [4.78, 5) is 7.17. The van der Waals surface area contributed by atoms with Crippen LogP contribution in [0.2, 0.25) is 0 Å². The van der Waals surface area contributed by atoms with Crippen molar-refractivity contribution in [2.24, 2.45) is 0 Å². The van der Waals surface area contributed by atoms with Crippen LogP contribution < -0.4 is 10.2 Å². The van der Waals surface area contributed by atoms with Crippen molar-refractivity contribution in [3.63, 3.8) is 0 Å². The molecule has 5 heteroatoms. The van der Waals surface area contributed by atoms with Gasteiger partial charge in [-0.2, -0.15) is 0 Å². The van der Waals surface area contributed by atoms with Gasteiger partial charge in [0, 0.05) is 51.6 Å². The molecule has 1 aromatic heterocycles. The van der Waals surface area contributed by atoms with E-state index in [2.05, 4.69) is 35.0 Å². The second-order valence-electron chi connectivity index (χ2n) is 6.60. The molecule has 2 bridgehead atoms. The molecule has 2 aliphatic heterocycles. The maximum absolute atomic E-state index is 5.17. The Hall–Kier alpha value is -1.07. The number of imidazole rings is 1. The van der Waals surface area contributed by atoms with E-state index in [0.29, 0.717) is 18.1 Å². The van der Waals surface area contributed by atoms with Crippen molar-refractivity contribution in [3.8, 4) is 0 Å². The number of nitrogens with zero attached hydrogens (tertiary/aromatic N) is 3. The Bertz CT molecular complexity index is 461. The van der Waals surface area contributed by atoms with E-state index < -0.39 is 0 Å². The van der Waals surface area contributed by atoms with Crippen molar-refractivity contribution < 1.29 is 4.74 Å². The molecular weight excluding hydrogens is 264 g/mol. The lowest BCUT2D eigenvalue weighted by Gasteiger charge is -2.36. The summed E-state index contributed by atoms with van der Waals surface area (Å²) in [5.74, 6) is 1.12. The summed E-state index contributed by atoms with van der Waals surface area (Å²) >= 11 is 0. The van der Waals surface area contributed by atoms with Crippen molar-refractivity contribution in [1.82, 2.24) is 14.9 Å². The monoisotopic (exact) mass is 292 g/mol. The van der Waals surface area contributed by atoms with Crippen LogP contribution in [-0.2, 0) is 11.3 Å². The van der Waals surface area contributed by atoms with Gasteiger partial charge in [-0.05, 0) is 39.0 Å². The van der Waals surface area contributed by atoms with E-state index in [4.69, 9.17) is 9.72 Å².